The van der Waals surface area contributed by atoms with Crippen LogP contribution in [-0.2, 0) is 21.8 Å². The monoisotopic (exact) mass is 304 g/mol. The van der Waals surface area contributed by atoms with E-state index >= 15 is 0 Å². The molecule has 0 saturated carbocycles. The van der Waals surface area contributed by atoms with Gasteiger partial charge in [0.25, 0.3) is 0 Å². The number of carboxylic acid groups (broad SMARTS) is 1. The van der Waals surface area contributed by atoms with E-state index < -0.39 is 16.0 Å². The first-order valence-corrected chi connectivity index (χ1v) is 7.56. The fourth-order valence-electron chi connectivity index (χ4n) is 1.86. The molecule has 0 spiro atoms. The van der Waals surface area contributed by atoms with Crippen molar-refractivity contribution in [1.82, 2.24) is 8.87 Å². The molecular weight excluding hydrogens is 284 g/mol. The van der Waals surface area contributed by atoms with Gasteiger partial charge in [-0.25, -0.2) is 13.2 Å². The Hall–Kier alpha value is -1.38. The number of rotatable bonds is 7. The summed E-state index contributed by atoms with van der Waals surface area (Å²) in [5.74, 6) is -1.16. The SMILES string of the molecule is COCCN(C(C)C)S(=O)(=O)c1cc(C(=O)O)n(C)c1. The molecule has 0 aromatic carbocycles. The van der Waals surface area contributed by atoms with Crippen LogP contribution in [0.2, 0.25) is 0 Å². The van der Waals surface area contributed by atoms with Gasteiger partial charge in [-0.15, -0.1) is 0 Å². The minimum atomic E-state index is -3.74. The minimum Gasteiger partial charge on any atom is -0.477 e. The Balaban J connectivity index is 3.19. The van der Waals surface area contributed by atoms with Crippen LogP contribution in [0.4, 0.5) is 0 Å². The zero-order valence-corrected chi connectivity index (χ0v) is 12.8. The molecule has 20 heavy (non-hydrogen) atoms. The lowest BCUT2D eigenvalue weighted by Crippen LogP contribution is -2.39. The van der Waals surface area contributed by atoms with E-state index in [1.807, 2.05) is 0 Å². The first-order chi connectivity index (χ1) is 9.21. The third-order valence-electron chi connectivity index (χ3n) is 2.90. The van der Waals surface area contributed by atoms with Crippen LogP contribution in [0.1, 0.15) is 24.3 Å². The molecule has 1 rings (SSSR count). The zero-order valence-electron chi connectivity index (χ0n) is 12.0. The van der Waals surface area contributed by atoms with Gasteiger partial charge in [0.1, 0.15) is 10.6 Å². The third-order valence-corrected chi connectivity index (χ3v) is 4.94. The van der Waals surface area contributed by atoms with Crippen LogP contribution in [0.25, 0.3) is 0 Å². The van der Waals surface area contributed by atoms with E-state index in [0.29, 0.717) is 0 Å². The van der Waals surface area contributed by atoms with Crippen molar-refractivity contribution in [3.8, 4) is 0 Å². The highest BCUT2D eigenvalue weighted by Crippen LogP contribution is 2.20. The number of methoxy groups -OCH3 is 1. The summed E-state index contributed by atoms with van der Waals surface area (Å²) in [6.07, 6.45) is 1.31. The van der Waals surface area contributed by atoms with E-state index in [1.54, 1.807) is 13.8 Å². The van der Waals surface area contributed by atoms with Crippen LogP contribution < -0.4 is 0 Å². The van der Waals surface area contributed by atoms with E-state index in [-0.39, 0.29) is 29.8 Å². The molecule has 0 atom stereocenters. The predicted octanol–water partition coefficient (Wildman–Crippen LogP) is 0.769. The summed E-state index contributed by atoms with van der Waals surface area (Å²) in [5, 5.41) is 8.98. The van der Waals surface area contributed by atoms with Gasteiger partial charge in [0.15, 0.2) is 0 Å². The molecule has 0 fully saturated rings. The molecule has 0 saturated heterocycles. The maximum atomic E-state index is 12.5. The smallest absolute Gasteiger partial charge is 0.352 e. The molecular formula is C12H20N2O5S. The molecule has 1 heterocycles. The number of aryl methyl sites for hydroxylation is 1. The maximum absolute atomic E-state index is 12.5. The number of hydrogen-bond acceptors (Lipinski definition) is 4. The van der Waals surface area contributed by atoms with Gasteiger partial charge in [-0.05, 0) is 19.9 Å². The van der Waals surface area contributed by atoms with Gasteiger partial charge >= 0.3 is 5.97 Å². The van der Waals surface area contributed by atoms with E-state index in [9.17, 15) is 13.2 Å². The summed E-state index contributed by atoms with van der Waals surface area (Å²) >= 11 is 0. The van der Waals surface area contributed by atoms with Crippen LogP contribution >= 0.6 is 0 Å². The third kappa shape index (κ3) is 3.38. The quantitative estimate of drug-likeness (QED) is 0.803. The normalized spacial score (nSPS) is 12.3. The molecule has 7 nitrogen and oxygen atoms in total. The average Bonchev–Trinajstić information content (AvgIpc) is 2.72. The molecule has 0 aliphatic rings. The number of ether oxygens (including phenoxy) is 1. The summed E-state index contributed by atoms with van der Waals surface area (Å²) in [7, 11) is -0.745. The summed E-state index contributed by atoms with van der Waals surface area (Å²) in [6.45, 7) is 4.01. The molecule has 114 valence electrons. The van der Waals surface area contributed by atoms with Gasteiger partial charge in [0.05, 0.1) is 6.61 Å². The van der Waals surface area contributed by atoms with Crippen molar-refractivity contribution >= 4 is 16.0 Å². The molecule has 1 aromatic rings. The van der Waals surface area contributed by atoms with Crippen LogP contribution in [0, 0.1) is 0 Å². The van der Waals surface area contributed by atoms with Crippen molar-refractivity contribution in [3.63, 3.8) is 0 Å². The average molecular weight is 304 g/mol. The summed E-state index contributed by atoms with van der Waals surface area (Å²) in [6, 6.07) is 0.920. The lowest BCUT2D eigenvalue weighted by atomic mass is 10.4. The molecule has 1 aromatic heterocycles. The van der Waals surface area contributed by atoms with Gasteiger partial charge in [-0.2, -0.15) is 4.31 Å². The van der Waals surface area contributed by atoms with Crippen molar-refractivity contribution < 1.29 is 23.1 Å². The lowest BCUT2D eigenvalue weighted by molar-refractivity contribution is 0.0686. The number of hydrogen-bond donors (Lipinski definition) is 1. The highest BCUT2D eigenvalue weighted by Gasteiger charge is 2.29. The number of sulfonamides is 1. The Morgan fingerprint density at radius 1 is 1.50 bits per heavy atom. The number of carboxylic acids is 1. The van der Waals surface area contributed by atoms with E-state index in [2.05, 4.69) is 0 Å². The molecule has 0 unspecified atom stereocenters. The van der Waals surface area contributed by atoms with E-state index in [1.165, 1.54) is 35.3 Å². The molecule has 1 N–H and O–H groups in total. The Morgan fingerprint density at radius 2 is 2.10 bits per heavy atom. The fraction of sp³-hybridized carbons (Fsp3) is 0.583. The maximum Gasteiger partial charge on any atom is 0.352 e. The first-order valence-electron chi connectivity index (χ1n) is 6.12. The molecule has 0 aliphatic heterocycles. The van der Waals surface area contributed by atoms with Crippen molar-refractivity contribution in [3.05, 3.63) is 18.0 Å². The van der Waals surface area contributed by atoms with Crippen LogP contribution in [0.3, 0.4) is 0 Å². The second-order valence-electron chi connectivity index (χ2n) is 4.68. The van der Waals surface area contributed by atoms with Crippen LogP contribution in [0.5, 0.6) is 0 Å². The number of nitrogens with zero attached hydrogens (tertiary/aromatic N) is 2. The summed E-state index contributed by atoms with van der Waals surface area (Å²) < 4.78 is 32.6. The Labute approximate surface area is 118 Å². The number of carbonyl (C=O) groups is 1. The van der Waals surface area contributed by atoms with Gasteiger partial charge in [0.2, 0.25) is 10.0 Å². The van der Waals surface area contributed by atoms with Crippen LogP contribution in [-0.4, -0.2) is 54.7 Å². The number of aromatic nitrogens is 1. The van der Waals surface area contributed by atoms with Crippen molar-refractivity contribution in [1.29, 1.82) is 0 Å². The van der Waals surface area contributed by atoms with Crippen molar-refractivity contribution in [2.75, 3.05) is 20.3 Å². The first kappa shape index (κ1) is 16.7. The van der Waals surface area contributed by atoms with Gasteiger partial charge in [-0.1, -0.05) is 0 Å². The van der Waals surface area contributed by atoms with E-state index in [0.717, 1.165) is 0 Å². The van der Waals surface area contributed by atoms with Crippen molar-refractivity contribution in [2.45, 2.75) is 24.8 Å². The molecule has 0 amide bonds. The van der Waals surface area contributed by atoms with Gasteiger partial charge < -0.3 is 14.4 Å². The molecule has 0 aliphatic carbocycles. The van der Waals surface area contributed by atoms with Gasteiger partial charge in [-0.3, -0.25) is 0 Å². The van der Waals surface area contributed by atoms with Crippen molar-refractivity contribution in [2.24, 2.45) is 7.05 Å². The summed E-state index contributed by atoms with van der Waals surface area (Å²) in [4.78, 5) is 11.0. The lowest BCUT2D eigenvalue weighted by Gasteiger charge is -2.24. The Morgan fingerprint density at radius 3 is 2.50 bits per heavy atom. The highest BCUT2D eigenvalue weighted by atomic mass is 32.2. The second-order valence-corrected chi connectivity index (χ2v) is 6.57. The minimum absolute atomic E-state index is 0.0257. The topological polar surface area (TPSA) is 88.8 Å². The Bertz CT molecular complexity index is 577. The summed E-state index contributed by atoms with van der Waals surface area (Å²) in [5.41, 5.74) is -0.0703. The van der Waals surface area contributed by atoms with E-state index in [4.69, 9.17) is 9.84 Å². The molecule has 0 bridgehead atoms. The highest BCUT2D eigenvalue weighted by molar-refractivity contribution is 7.89. The molecule has 0 radical (unpaired) electrons. The largest absolute Gasteiger partial charge is 0.477 e. The fourth-order valence-corrected chi connectivity index (χ4v) is 3.55. The number of aromatic carboxylic acids is 1. The Kier molecular flexibility index (Phi) is 5.32. The zero-order chi connectivity index (χ0) is 15.5. The second kappa shape index (κ2) is 6.38. The predicted molar refractivity (Wildman–Crippen MR) is 73.3 cm³/mol. The standard InChI is InChI=1S/C12H20N2O5S/c1-9(2)14(5-6-19-4)20(17,18)10-7-11(12(15)16)13(3)8-10/h7-9H,5-6H2,1-4H3,(H,15,16). The van der Waals surface area contributed by atoms with Crippen LogP contribution in [0.15, 0.2) is 17.2 Å². The molecule has 8 heteroatoms. The van der Waals surface area contributed by atoms with Gasteiger partial charge in [0, 0.05) is 32.9 Å².